The van der Waals surface area contributed by atoms with Crippen molar-refractivity contribution >= 4 is 12.1 Å². The maximum Gasteiger partial charge on any atom is 0.407 e. The summed E-state index contributed by atoms with van der Waals surface area (Å²) >= 11 is 0. The van der Waals surface area contributed by atoms with Crippen LogP contribution in [0.25, 0.3) is 11.5 Å². The Balaban J connectivity index is 1.81. The molecule has 2 atom stereocenters. The summed E-state index contributed by atoms with van der Waals surface area (Å²) in [5.41, 5.74) is 2.74. The van der Waals surface area contributed by atoms with E-state index in [2.05, 4.69) is 15.5 Å². The molecule has 3 rings (SSSR count). The van der Waals surface area contributed by atoms with Crippen molar-refractivity contribution in [3.05, 3.63) is 71.5 Å². The maximum absolute atomic E-state index is 12.5. The van der Waals surface area contributed by atoms with Gasteiger partial charge in [0, 0.05) is 12.5 Å². The fourth-order valence-corrected chi connectivity index (χ4v) is 3.46. The van der Waals surface area contributed by atoms with E-state index in [1.165, 1.54) is 6.92 Å². The summed E-state index contributed by atoms with van der Waals surface area (Å²) in [7, 11) is 0. The van der Waals surface area contributed by atoms with Gasteiger partial charge in [-0.2, -0.15) is 4.98 Å². The van der Waals surface area contributed by atoms with Crippen LogP contribution in [0.5, 0.6) is 0 Å². The van der Waals surface area contributed by atoms with Gasteiger partial charge in [-0.05, 0) is 29.5 Å². The highest BCUT2D eigenvalue weighted by atomic mass is 16.6. The molecule has 8 nitrogen and oxygen atoms in total. The number of nitrogens with one attached hydrogen (secondary N) is 1. The fourth-order valence-electron chi connectivity index (χ4n) is 3.46. The number of rotatable bonds is 9. The van der Waals surface area contributed by atoms with E-state index in [4.69, 9.17) is 14.0 Å². The number of hydrogen-bond donors (Lipinski definition) is 1. The quantitative estimate of drug-likeness (QED) is 0.464. The van der Waals surface area contributed by atoms with Crippen molar-refractivity contribution in [3.63, 3.8) is 0 Å². The van der Waals surface area contributed by atoms with Gasteiger partial charge >= 0.3 is 12.1 Å². The maximum atomic E-state index is 12.5. The first-order chi connectivity index (χ1) is 15.9. The Morgan fingerprint density at radius 1 is 1.06 bits per heavy atom. The molecule has 0 bridgehead atoms. The van der Waals surface area contributed by atoms with Gasteiger partial charge in [-0.1, -0.05) is 74.5 Å². The molecule has 1 aromatic heterocycles. The van der Waals surface area contributed by atoms with Gasteiger partial charge in [-0.15, -0.1) is 0 Å². The van der Waals surface area contributed by atoms with E-state index in [1.807, 2.05) is 75.4 Å². The number of aromatic nitrogens is 2. The lowest BCUT2D eigenvalue weighted by molar-refractivity contribution is -0.149. The second kappa shape index (κ2) is 11.3. The first-order valence-corrected chi connectivity index (χ1v) is 10.9. The zero-order valence-corrected chi connectivity index (χ0v) is 19.3. The first kappa shape index (κ1) is 24.0. The Labute approximate surface area is 193 Å². The van der Waals surface area contributed by atoms with E-state index in [0.717, 1.165) is 23.1 Å². The number of amides is 1. The molecule has 0 saturated carbocycles. The number of nitrogens with zero attached hydrogens (tertiary/aromatic N) is 2. The second-order valence-corrected chi connectivity index (χ2v) is 7.97. The molecular weight excluding hydrogens is 422 g/mol. The summed E-state index contributed by atoms with van der Waals surface area (Å²) in [6, 6.07) is 16.4. The number of ether oxygens (including phenoxy) is 2. The third-order valence-electron chi connectivity index (χ3n) is 5.16. The number of alkyl carbamates (subject to hydrolysis) is 1. The van der Waals surface area contributed by atoms with Crippen LogP contribution in [0.4, 0.5) is 4.79 Å². The van der Waals surface area contributed by atoms with Gasteiger partial charge in [0.15, 0.2) is 6.10 Å². The third kappa shape index (κ3) is 6.41. The molecule has 0 aliphatic rings. The Morgan fingerprint density at radius 3 is 2.42 bits per heavy atom. The van der Waals surface area contributed by atoms with Crippen LogP contribution in [0.15, 0.2) is 59.1 Å². The van der Waals surface area contributed by atoms with Crippen LogP contribution < -0.4 is 5.32 Å². The van der Waals surface area contributed by atoms with E-state index in [1.54, 1.807) is 0 Å². The molecule has 3 aromatic rings. The summed E-state index contributed by atoms with van der Waals surface area (Å²) in [5.74, 6) is -0.143. The van der Waals surface area contributed by atoms with Crippen molar-refractivity contribution in [2.45, 2.75) is 52.9 Å². The summed E-state index contributed by atoms with van der Waals surface area (Å²) in [4.78, 5) is 28.9. The van der Waals surface area contributed by atoms with Gasteiger partial charge in [0.2, 0.25) is 5.82 Å². The molecule has 0 fully saturated rings. The summed E-state index contributed by atoms with van der Waals surface area (Å²) in [6.07, 6.45) is -0.780. The van der Waals surface area contributed by atoms with Gasteiger partial charge in [-0.3, -0.25) is 4.79 Å². The SMILES string of the molecule is CCc1ccccc1-c1nc(C(OC(C)=O)[C@@H](NC(=O)OCc2ccccc2)C(C)C)no1. The zero-order chi connectivity index (χ0) is 23.8. The van der Waals surface area contributed by atoms with Crippen molar-refractivity contribution in [3.8, 4) is 11.5 Å². The van der Waals surface area contributed by atoms with Gasteiger partial charge < -0.3 is 19.3 Å². The highest BCUT2D eigenvalue weighted by Crippen LogP contribution is 2.28. The largest absolute Gasteiger partial charge is 0.452 e. The van der Waals surface area contributed by atoms with Crippen molar-refractivity contribution in [2.24, 2.45) is 5.92 Å². The zero-order valence-electron chi connectivity index (χ0n) is 19.3. The highest BCUT2D eigenvalue weighted by molar-refractivity contribution is 5.69. The standard InChI is InChI=1S/C25H29N3O5/c1-5-19-13-9-10-14-20(19)24-27-23(28-33-24)22(32-17(4)29)21(16(2)3)26-25(30)31-15-18-11-7-6-8-12-18/h6-14,16,21-22H,5,15H2,1-4H3,(H,26,30)/t21-,22?/m0/s1. The van der Waals surface area contributed by atoms with Gasteiger partial charge in [0.1, 0.15) is 6.61 Å². The normalized spacial score (nSPS) is 12.8. The molecule has 0 spiro atoms. The predicted octanol–water partition coefficient (Wildman–Crippen LogP) is 4.85. The minimum atomic E-state index is -0.946. The summed E-state index contributed by atoms with van der Waals surface area (Å²) < 4.78 is 16.4. The molecule has 1 heterocycles. The lowest BCUT2D eigenvalue weighted by Gasteiger charge is -2.28. The Hall–Kier alpha value is -3.68. The first-order valence-electron chi connectivity index (χ1n) is 10.9. The number of esters is 1. The number of carbonyl (C=O) groups excluding carboxylic acids is 2. The molecule has 174 valence electrons. The number of aryl methyl sites for hydroxylation is 1. The molecule has 8 heteroatoms. The predicted molar refractivity (Wildman–Crippen MR) is 122 cm³/mol. The molecule has 1 amide bonds. The monoisotopic (exact) mass is 451 g/mol. The Morgan fingerprint density at radius 2 is 1.76 bits per heavy atom. The molecule has 1 N–H and O–H groups in total. The van der Waals surface area contributed by atoms with Crippen molar-refractivity contribution < 1.29 is 23.6 Å². The van der Waals surface area contributed by atoms with E-state index in [9.17, 15) is 9.59 Å². The van der Waals surface area contributed by atoms with E-state index in [-0.39, 0.29) is 18.3 Å². The van der Waals surface area contributed by atoms with E-state index in [0.29, 0.717) is 5.89 Å². The Kier molecular flexibility index (Phi) is 8.18. The van der Waals surface area contributed by atoms with Crippen LogP contribution in [0.1, 0.15) is 50.8 Å². The van der Waals surface area contributed by atoms with Crippen LogP contribution in [-0.4, -0.2) is 28.2 Å². The number of carbonyl (C=O) groups is 2. The second-order valence-electron chi connectivity index (χ2n) is 7.97. The summed E-state index contributed by atoms with van der Waals surface area (Å²) in [5, 5.41) is 6.87. The molecule has 2 aromatic carbocycles. The molecule has 0 radical (unpaired) electrons. The molecule has 33 heavy (non-hydrogen) atoms. The molecule has 0 aliphatic heterocycles. The molecular formula is C25H29N3O5. The highest BCUT2D eigenvalue weighted by Gasteiger charge is 2.34. The van der Waals surface area contributed by atoms with Crippen LogP contribution >= 0.6 is 0 Å². The van der Waals surface area contributed by atoms with Gasteiger partial charge in [-0.25, -0.2) is 4.79 Å². The van der Waals surface area contributed by atoms with Crippen LogP contribution in [0, 0.1) is 5.92 Å². The fraction of sp³-hybridized carbons (Fsp3) is 0.360. The molecule has 1 unspecified atom stereocenters. The smallest absolute Gasteiger partial charge is 0.407 e. The number of hydrogen-bond acceptors (Lipinski definition) is 7. The molecule has 0 aliphatic carbocycles. The average molecular weight is 452 g/mol. The van der Waals surface area contributed by atoms with Crippen molar-refractivity contribution in [1.82, 2.24) is 15.5 Å². The third-order valence-corrected chi connectivity index (χ3v) is 5.16. The minimum Gasteiger partial charge on any atom is -0.452 e. The van der Waals surface area contributed by atoms with E-state index < -0.39 is 24.2 Å². The van der Waals surface area contributed by atoms with Crippen LogP contribution in [0.2, 0.25) is 0 Å². The van der Waals surface area contributed by atoms with Crippen LogP contribution in [0.3, 0.4) is 0 Å². The molecule has 0 saturated heterocycles. The van der Waals surface area contributed by atoms with Crippen molar-refractivity contribution in [1.29, 1.82) is 0 Å². The lowest BCUT2D eigenvalue weighted by Crippen LogP contribution is -2.44. The van der Waals surface area contributed by atoms with Gasteiger partial charge in [0.25, 0.3) is 5.89 Å². The number of benzene rings is 2. The lowest BCUT2D eigenvalue weighted by atomic mass is 9.98. The van der Waals surface area contributed by atoms with Gasteiger partial charge in [0.05, 0.1) is 6.04 Å². The van der Waals surface area contributed by atoms with E-state index >= 15 is 0 Å². The summed E-state index contributed by atoms with van der Waals surface area (Å²) in [6.45, 7) is 7.25. The Bertz CT molecular complexity index is 1060. The van der Waals surface area contributed by atoms with Crippen molar-refractivity contribution in [2.75, 3.05) is 0 Å². The topological polar surface area (TPSA) is 104 Å². The minimum absolute atomic E-state index is 0.121. The van der Waals surface area contributed by atoms with Crippen LogP contribution in [-0.2, 0) is 27.3 Å². The average Bonchev–Trinajstić information content (AvgIpc) is 3.30.